The highest BCUT2D eigenvalue weighted by atomic mass is 79.9. The Morgan fingerprint density at radius 2 is 2.46 bits per heavy atom. The van der Waals surface area contributed by atoms with Crippen LogP contribution >= 0.6 is 15.9 Å². The third kappa shape index (κ3) is 2.11. The lowest BCUT2D eigenvalue weighted by atomic mass is 10.4. The smallest absolute Gasteiger partial charge is 0.381 e. The van der Waals surface area contributed by atoms with Gasteiger partial charge in [-0.2, -0.15) is 0 Å². The number of nitrogens with zero attached hydrogens (tertiary/aromatic N) is 2. The molecule has 0 spiro atoms. The number of nitro groups is 1. The van der Waals surface area contributed by atoms with Crippen LogP contribution in [0.5, 0.6) is 5.75 Å². The fourth-order valence-electron chi connectivity index (χ4n) is 0.713. The van der Waals surface area contributed by atoms with Gasteiger partial charge in [0.15, 0.2) is 4.47 Å². The Balaban J connectivity index is 3.10. The SMILES string of the molecule is O=[N+]([O-])c1nccc(OCF)c1Br. The Hall–Kier alpha value is -1.24. The third-order valence-electron chi connectivity index (χ3n) is 1.22. The molecule has 0 fully saturated rings. The van der Waals surface area contributed by atoms with Gasteiger partial charge in [0.1, 0.15) is 11.9 Å². The van der Waals surface area contributed by atoms with Gasteiger partial charge < -0.3 is 14.9 Å². The fourth-order valence-corrected chi connectivity index (χ4v) is 1.21. The van der Waals surface area contributed by atoms with E-state index < -0.39 is 17.6 Å². The highest BCUT2D eigenvalue weighted by Gasteiger charge is 2.17. The van der Waals surface area contributed by atoms with Crippen molar-refractivity contribution in [2.75, 3.05) is 6.86 Å². The van der Waals surface area contributed by atoms with Gasteiger partial charge >= 0.3 is 5.82 Å². The van der Waals surface area contributed by atoms with Crippen molar-refractivity contribution in [3.05, 3.63) is 26.9 Å². The summed E-state index contributed by atoms with van der Waals surface area (Å²) in [5, 5.41) is 10.3. The first-order valence-electron chi connectivity index (χ1n) is 3.14. The number of aromatic nitrogens is 1. The number of ether oxygens (including phenoxy) is 1. The van der Waals surface area contributed by atoms with Gasteiger partial charge in [-0.25, -0.2) is 4.39 Å². The lowest BCUT2D eigenvalue weighted by molar-refractivity contribution is -0.390. The van der Waals surface area contributed by atoms with Crippen LogP contribution in [-0.2, 0) is 0 Å². The van der Waals surface area contributed by atoms with E-state index in [-0.39, 0.29) is 10.2 Å². The number of halogens is 2. The Kier molecular flexibility index (Phi) is 3.13. The van der Waals surface area contributed by atoms with E-state index in [4.69, 9.17) is 0 Å². The van der Waals surface area contributed by atoms with Crippen LogP contribution in [0.25, 0.3) is 0 Å². The average Bonchev–Trinajstić information content (AvgIpc) is 2.08. The summed E-state index contributed by atoms with van der Waals surface area (Å²) in [5.74, 6) is -0.338. The van der Waals surface area contributed by atoms with Gasteiger partial charge in [-0.3, -0.25) is 0 Å². The van der Waals surface area contributed by atoms with E-state index in [0.717, 1.165) is 0 Å². The van der Waals surface area contributed by atoms with Gasteiger partial charge in [-0.1, -0.05) is 0 Å². The van der Waals surface area contributed by atoms with Crippen LogP contribution in [0, 0.1) is 10.1 Å². The van der Waals surface area contributed by atoms with Crippen LogP contribution in [0.1, 0.15) is 0 Å². The van der Waals surface area contributed by atoms with Crippen molar-refractivity contribution in [1.82, 2.24) is 4.98 Å². The minimum atomic E-state index is -1.04. The van der Waals surface area contributed by atoms with Crippen molar-refractivity contribution in [2.24, 2.45) is 0 Å². The molecule has 0 saturated heterocycles. The minimum absolute atomic E-state index is 0.0395. The largest absolute Gasteiger partial charge is 0.461 e. The zero-order valence-corrected chi connectivity index (χ0v) is 7.82. The fraction of sp³-hybridized carbons (Fsp3) is 0.167. The maximum atomic E-state index is 11.8. The van der Waals surface area contributed by atoms with Crippen LogP contribution in [0.15, 0.2) is 16.7 Å². The Morgan fingerprint density at radius 3 is 3.00 bits per heavy atom. The second-order valence-corrected chi connectivity index (χ2v) is 2.75. The molecule has 0 radical (unpaired) electrons. The average molecular weight is 251 g/mol. The zero-order valence-electron chi connectivity index (χ0n) is 6.24. The highest BCUT2D eigenvalue weighted by molar-refractivity contribution is 9.10. The van der Waals surface area contributed by atoms with Gasteiger partial charge in [-0.05, 0) is 25.8 Å². The summed E-state index contributed by atoms with van der Waals surface area (Å²) in [7, 11) is 0. The molecule has 0 aliphatic heterocycles. The molecule has 13 heavy (non-hydrogen) atoms. The molecule has 0 atom stereocenters. The maximum Gasteiger partial charge on any atom is 0.381 e. The molecule has 1 rings (SSSR count). The molecule has 0 aliphatic carbocycles. The second-order valence-electron chi connectivity index (χ2n) is 1.96. The van der Waals surface area contributed by atoms with Crippen molar-refractivity contribution in [3.63, 3.8) is 0 Å². The third-order valence-corrected chi connectivity index (χ3v) is 1.96. The van der Waals surface area contributed by atoms with Crippen LogP contribution in [0.3, 0.4) is 0 Å². The number of alkyl halides is 1. The molecule has 0 unspecified atom stereocenters. The van der Waals surface area contributed by atoms with Crippen molar-refractivity contribution in [1.29, 1.82) is 0 Å². The van der Waals surface area contributed by atoms with E-state index in [0.29, 0.717) is 0 Å². The Labute approximate surface area is 80.8 Å². The first kappa shape index (κ1) is 9.85. The molecule has 0 N–H and O–H groups in total. The first-order valence-corrected chi connectivity index (χ1v) is 3.93. The molecule has 7 heteroatoms. The van der Waals surface area contributed by atoms with E-state index in [1.54, 1.807) is 0 Å². The van der Waals surface area contributed by atoms with Crippen LogP contribution in [-0.4, -0.2) is 16.8 Å². The maximum absolute atomic E-state index is 11.8. The summed E-state index contributed by atoms with van der Waals surface area (Å²) in [6.07, 6.45) is 1.17. The quantitative estimate of drug-likeness (QED) is 0.609. The zero-order chi connectivity index (χ0) is 9.84. The highest BCUT2D eigenvalue weighted by Crippen LogP contribution is 2.31. The monoisotopic (exact) mass is 250 g/mol. The molecular weight excluding hydrogens is 247 g/mol. The Bertz CT molecular complexity index is 334. The van der Waals surface area contributed by atoms with Crippen LogP contribution in [0.2, 0.25) is 0 Å². The summed E-state index contributed by atoms with van der Waals surface area (Å²) in [6, 6.07) is 1.33. The molecule has 0 aromatic carbocycles. The number of rotatable bonds is 3. The first-order chi connectivity index (χ1) is 6.16. The van der Waals surface area contributed by atoms with Crippen molar-refractivity contribution in [2.45, 2.75) is 0 Å². The van der Waals surface area contributed by atoms with Gasteiger partial charge in [0.25, 0.3) is 0 Å². The molecule has 0 bridgehead atoms. The van der Waals surface area contributed by atoms with Crippen molar-refractivity contribution >= 4 is 21.7 Å². The van der Waals surface area contributed by atoms with Crippen LogP contribution in [0.4, 0.5) is 10.2 Å². The van der Waals surface area contributed by atoms with E-state index in [1.165, 1.54) is 12.3 Å². The lowest BCUT2D eigenvalue weighted by Gasteiger charge is -2.02. The van der Waals surface area contributed by atoms with Crippen LogP contribution < -0.4 is 4.74 Å². The molecule has 1 heterocycles. The van der Waals surface area contributed by atoms with Crippen molar-refractivity contribution in [3.8, 4) is 5.75 Å². The predicted octanol–water partition coefficient (Wildman–Crippen LogP) is 2.06. The standard InChI is InChI=1S/C6H4BrFN2O3/c7-5-4(13-3-8)1-2-9-6(5)10(11)12/h1-2H,3H2. The van der Waals surface area contributed by atoms with Crippen molar-refractivity contribution < 1.29 is 14.1 Å². The number of hydrogen-bond acceptors (Lipinski definition) is 4. The van der Waals surface area contributed by atoms with E-state index in [2.05, 4.69) is 25.7 Å². The summed E-state index contributed by atoms with van der Waals surface area (Å²) in [4.78, 5) is 13.1. The minimum Gasteiger partial charge on any atom is -0.461 e. The molecule has 1 aromatic rings. The Morgan fingerprint density at radius 1 is 1.77 bits per heavy atom. The number of pyridine rings is 1. The van der Waals surface area contributed by atoms with E-state index >= 15 is 0 Å². The lowest BCUT2D eigenvalue weighted by Crippen LogP contribution is -1.97. The van der Waals surface area contributed by atoms with Gasteiger partial charge in [0.2, 0.25) is 6.86 Å². The molecule has 0 saturated carbocycles. The molecule has 1 aromatic heterocycles. The topological polar surface area (TPSA) is 65.3 Å². The normalized spacial score (nSPS) is 9.69. The second kappa shape index (κ2) is 4.13. The molecule has 5 nitrogen and oxygen atoms in total. The summed E-state index contributed by atoms with van der Waals surface area (Å²) < 4.78 is 16.3. The number of hydrogen-bond donors (Lipinski definition) is 0. The van der Waals surface area contributed by atoms with Gasteiger partial charge in [-0.15, -0.1) is 0 Å². The van der Waals surface area contributed by atoms with Gasteiger partial charge in [0.05, 0.1) is 0 Å². The summed E-state index contributed by atoms with van der Waals surface area (Å²) >= 11 is 2.89. The van der Waals surface area contributed by atoms with Gasteiger partial charge in [0, 0.05) is 6.07 Å². The summed E-state index contributed by atoms with van der Waals surface area (Å²) in [5.41, 5.74) is 0. The molecule has 70 valence electrons. The van der Waals surface area contributed by atoms with E-state index in [9.17, 15) is 14.5 Å². The molecular formula is C6H4BrFN2O3. The molecule has 0 amide bonds. The summed E-state index contributed by atoms with van der Waals surface area (Å²) in [6.45, 7) is -1.04. The molecule has 0 aliphatic rings. The predicted molar refractivity (Wildman–Crippen MR) is 45.2 cm³/mol. The van der Waals surface area contributed by atoms with E-state index in [1.807, 2.05) is 0 Å².